The van der Waals surface area contributed by atoms with Gasteiger partial charge in [0.1, 0.15) is 0 Å². The molecule has 2 amide bonds. The fraction of sp³-hybridized carbons (Fsp3) is 0.889. The molecule has 0 aromatic carbocycles. The largest absolute Gasteiger partial charge is 0.356 e. The molecule has 0 aromatic heterocycles. The minimum absolute atomic E-state index is 0.0771. The first kappa shape index (κ1) is 21.9. The number of carbonyl (C=O) groups excluding carboxylic acids is 2. The van der Waals surface area contributed by atoms with E-state index in [1.54, 1.807) is 0 Å². The molecule has 0 heterocycles. The Balaban J connectivity index is 3.31. The first-order valence-electron chi connectivity index (χ1n) is 9.02. The van der Waals surface area contributed by atoms with Crippen molar-refractivity contribution in [3.05, 3.63) is 0 Å². The van der Waals surface area contributed by atoms with Crippen molar-refractivity contribution >= 4 is 11.8 Å². The first-order chi connectivity index (χ1) is 10.7. The summed E-state index contributed by atoms with van der Waals surface area (Å²) >= 11 is 0. The Morgan fingerprint density at radius 3 is 1.78 bits per heavy atom. The monoisotopic (exact) mass is 327 g/mol. The van der Waals surface area contributed by atoms with Crippen LogP contribution in [0.15, 0.2) is 0 Å². The second-order valence-corrected chi connectivity index (χ2v) is 7.51. The van der Waals surface area contributed by atoms with Crippen LogP contribution in [0.2, 0.25) is 0 Å². The smallest absolute Gasteiger partial charge is 0.233 e. The van der Waals surface area contributed by atoms with E-state index in [1.807, 2.05) is 34.6 Å². The van der Waals surface area contributed by atoms with Crippen LogP contribution in [-0.4, -0.2) is 37.5 Å². The highest BCUT2D eigenvalue weighted by atomic mass is 16.2. The Hall–Kier alpha value is -1.10. The third kappa shape index (κ3) is 14.2. The summed E-state index contributed by atoms with van der Waals surface area (Å²) in [5.74, 6) is 0.202. The molecule has 0 aliphatic heterocycles. The fourth-order valence-corrected chi connectivity index (χ4v) is 2.01. The fourth-order valence-electron chi connectivity index (χ4n) is 2.01. The van der Waals surface area contributed by atoms with Crippen LogP contribution < -0.4 is 16.0 Å². The molecule has 0 saturated carbocycles. The van der Waals surface area contributed by atoms with E-state index in [-0.39, 0.29) is 17.2 Å². The summed E-state index contributed by atoms with van der Waals surface area (Å²) < 4.78 is 0. The molecule has 136 valence electrons. The van der Waals surface area contributed by atoms with Crippen LogP contribution in [0.4, 0.5) is 0 Å². The summed E-state index contributed by atoms with van der Waals surface area (Å²) in [4.78, 5) is 23.1. The molecule has 0 bridgehead atoms. The Labute approximate surface area is 142 Å². The molecule has 3 N–H and O–H groups in total. The molecule has 0 aromatic rings. The summed E-state index contributed by atoms with van der Waals surface area (Å²) in [5.41, 5.74) is -0.297. The number of amides is 2. The average molecular weight is 328 g/mol. The van der Waals surface area contributed by atoms with Gasteiger partial charge in [-0.2, -0.15) is 0 Å². The minimum Gasteiger partial charge on any atom is -0.356 e. The van der Waals surface area contributed by atoms with Crippen LogP contribution in [0.3, 0.4) is 0 Å². The number of carbonyl (C=O) groups is 2. The van der Waals surface area contributed by atoms with Crippen LogP contribution in [-0.2, 0) is 9.59 Å². The zero-order chi connectivity index (χ0) is 17.7. The molecule has 0 fully saturated rings. The van der Waals surface area contributed by atoms with E-state index in [9.17, 15) is 9.59 Å². The summed E-state index contributed by atoms with van der Waals surface area (Å²) in [6.45, 7) is 11.8. The van der Waals surface area contributed by atoms with Crippen LogP contribution in [0, 0.1) is 5.41 Å². The Bertz CT molecular complexity index is 336. The summed E-state index contributed by atoms with van der Waals surface area (Å²) in [5, 5.41) is 9.00. The zero-order valence-electron chi connectivity index (χ0n) is 15.8. The minimum atomic E-state index is -0.297. The van der Waals surface area contributed by atoms with Crippen molar-refractivity contribution in [1.29, 1.82) is 0 Å². The van der Waals surface area contributed by atoms with E-state index in [0.29, 0.717) is 12.6 Å². The lowest BCUT2D eigenvalue weighted by Gasteiger charge is -2.17. The Morgan fingerprint density at radius 1 is 0.826 bits per heavy atom. The second kappa shape index (κ2) is 12.3. The van der Waals surface area contributed by atoms with Gasteiger partial charge in [0.25, 0.3) is 0 Å². The number of rotatable bonds is 12. The van der Waals surface area contributed by atoms with Gasteiger partial charge in [0.05, 0.1) is 6.54 Å². The lowest BCUT2D eigenvalue weighted by Crippen LogP contribution is -2.37. The van der Waals surface area contributed by atoms with Crippen molar-refractivity contribution in [3.8, 4) is 0 Å². The third-order valence-electron chi connectivity index (χ3n) is 3.56. The highest BCUT2D eigenvalue weighted by molar-refractivity contribution is 5.81. The van der Waals surface area contributed by atoms with Gasteiger partial charge in [-0.15, -0.1) is 0 Å². The molecular formula is C18H37N3O2. The van der Waals surface area contributed by atoms with E-state index < -0.39 is 0 Å². The highest BCUT2D eigenvalue weighted by Crippen LogP contribution is 2.12. The van der Waals surface area contributed by atoms with E-state index in [2.05, 4.69) is 16.0 Å². The number of hydrogen-bond acceptors (Lipinski definition) is 3. The number of hydrogen-bond donors (Lipinski definition) is 3. The van der Waals surface area contributed by atoms with Crippen LogP contribution in [0.25, 0.3) is 0 Å². The summed E-state index contributed by atoms with van der Waals surface area (Å²) in [6, 6.07) is 0.342. The van der Waals surface area contributed by atoms with Gasteiger partial charge < -0.3 is 16.0 Å². The quantitative estimate of drug-likeness (QED) is 0.483. The van der Waals surface area contributed by atoms with Gasteiger partial charge in [0.15, 0.2) is 0 Å². The number of nitrogens with one attached hydrogen (secondary N) is 3. The molecule has 0 rings (SSSR count). The predicted molar refractivity (Wildman–Crippen MR) is 96.3 cm³/mol. The van der Waals surface area contributed by atoms with Gasteiger partial charge in [-0.05, 0) is 12.8 Å². The van der Waals surface area contributed by atoms with E-state index in [1.165, 1.54) is 12.8 Å². The Morgan fingerprint density at radius 2 is 1.30 bits per heavy atom. The van der Waals surface area contributed by atoms with Crippen molar-refractivity contribution in [3.63, 3.8) is 0 Å². The lowest BCUT2D eigenvalue weighted by molar-refractivity contribution is -0.128. The highest BCUT2D eigenvalue weighted by Gasteiger charge is 2.19. The van der Waals surface area contributed by atoms with Gasteiger partial charge in [0.2, 0.25) is 11.8 Å². The van der Waals surface area contributed by atoms with E-state index >= 15 is 0 Å². The van der Waals surface area contributed by atoms with E-state index in [4.69, 9.17) is 0 Å². The maximum absolute atomic E-state index is 11.7. The van der Waals surface area contributed by atoms with Crippen molar-refractivity contribution in [2.24, 2.45) is 5.41 Å². The number of unbranched alkanes of at least 4 members (excludes halogenated alkanes) is 5. The average Bonchev–Trinajstić information content (AvgIpc) is 2.45. The third-order valence-corrected chi connectivity index (χ3v) is 3.56. The molecule has 0 atom stereocenters. The van der Waals surface area contributed by atoms with Gasteiger partial charge in [-0.3, -0.25) is 9.59 Å². The van der Waals surface area contributed by atoms with Gasteiger partial charge in [0, 0.05) is 24.5 Å². The maximum Gasteiger partial charge on any atom is 0.233 e. The summed E-state index contributed by atoms with van der Waals surface area (Å²) in [7, 11) is 0. The second-order valence-electron chi connectivity index (χ2n) is 7.51. The van der Waals surface area contributed by atoms with E-state index in [0.717, 1.165) is 38.8 Å². The first-order valence-corrected chi connectivity index (χ1v) is 9.02. The lowest BCUT2D eigenvalue weighted by atomic mass is 9.96. The normalized spacial score (nSPS) is 11.6. The molecule has 23 heavy (non-hydrogen) atoms. The standard InChI is InChI=1S/C18H37N3O2/c1-15(2)21-14-16(22)19-12-10-8-6-7-9-11-13-20-17(23)18(3,4)5/h15,21H,6-14H2,1-5H3,(H,19,22)(H,20,23). The molecule has 5 heteroatoms. The topological polar surface area (TPSA) is 70.2 Å². The van der Waals surface area contributed by atoms with Gasteiger partial charge in [-0.1, -0.05) is 60.3 Å². The molecule has 0 aliphatic rings. The van der Waals surface area contributed by atoms with Crippen molar-refractivity contribution in [1.82, 2.24) is 16.0 Å². The molecule has 0 aliphatic carbocycles. The van der Waals surface area contributed by atoms with Crippen LogP contribution in [0.5, 0.6) is 0 Å². The summed E-state index contributed by atoms with van der Waals surface area (Å²) in [6.07, 6.45) is 6.75. The van der Waals surface area contributed by atoms with Gasteiger partial charge in [-0.25, -0.2) is 0 Å². The molecule has 0 unspecified atom stereocenters. The molecule has 5 nitrogen and oxygen atoms in total. The van der Waals surface area contributed by atoms with Crippen molar-refractivity contribution in [2.45, 2.75) is 79.2 Å². The molecule has 0 radical (unpaired) electrons. The van der Waals surface area contributed by atoms with Gasteiger partial charge >= 0.3 is 0 Å². The SMILES string of the molecule is CC(C)NCC(=O)NCCCCCCCCNC(=O)C(C)(C)C. The van der Waals surface area contributed by atoms with Crippen molar-refractivity contribution < 1.29 is 9.59 Å². The predicted octanol–water partition coefficient (Wildman–Crippen LogP) is 2.60. The molecular weight excluding hydrogens is 290 g/mol. The maximum atomic E-state index is 11.7. The van der Waals surface area contributed by atoms with Crippen molar-refractivity contribution in [2.75, 3.05) is 19.6 Å². The Kier molecular flexibility index (Phi) is 11.7. The molecule has 0 saturated heterocycles. The molecule has 0 spiro atoms. The van der Waals surface area contributed by atoms with Crippen LogP contribution >= 0.6 is 0 Å². The van der Waals surface area contributed by atoms with Crippen LogP contribution in [0.1, 0.15) is 73.1 Å². The zero-order valence-corrected chi connectivity index (χ0v) is 15.8.